The van der Waals surface area contributed by atoms with Crippen LogP contribution in [0.5, 0.6) is 0 Å². The van der Waals surface area contributed by atoms with Crippen LogP contribution in [0.15, 0.2) is 11.6 Å². The number of rotatable bonds is 6. The van der Waals surface area contributed by atoms with Crippen molar-refractivity contribution in [1.29, 1.82) is 0 Å². The first-order chi connectivity index (χ1) is 16.6. The van der Waals surface area contributed by atoms with Gasteiger partial charge < -0.3 is 15.7 Å². The highest BCUT2D eigenvalue weighted by Gasteiger charge is 2.61. The van der Waals surface area contributed by atoms with Gasteiger partial charge >= 0.3 is 6.18 Å². The van der Waals surface area contributed by atoms with E-state index in [1.165, 1.54) is 5.57 Å². The number of allylic oxidation sites excluding steroid dienone is 1. The van der Waals surface area contributed by atoms with E-state index in [4.69, 9.17) is 0 Å². The van der Waals surface area contributed by atoms with Crippen molar-refractivity contribution < 1.29 is 28.2 Å². The molecule has 0 saturated heterocycles. The number of aliphatic hydroxyl groups is 2. The second-order valence-corrected chi connectivity index (χ2v) is 13.4. The van der Waals surface area contributed by atoms with Crippen LogP contribution in [-0.2, 0) is 0 Å². The van der Waals surface area contributed by atoms with Gasteiger partial charge in [0.25, 0.3) is 5.71 Å². The van der Waals surface area contributed by atoms with Gasteiger partial charge in [0.15, 0.2) is 11.2 Å². The van der Waals surface area contributed by atoms with E-state index in [0.717, 1.165) is 45.4 Å². The van der Waals surface area contributed by atoms with Crippen LogP contribution in [0.25, 0.3) is 5.53 Å². The summed E-state index contributed by atoms with van der Waals surface area (Å²) in [6.07, 6.45) is 5.85. The monoisotopic (exact) mass is 510 g/mol. The molecule has 0 aromatic heterocycles. The van der Waals surface area contributed by atoms with Crippen molar-refractivity contribution >= 4 is 5.71 Å². The Balaban J connectivity index is 1.51. The lowest BCUT2D eigenvalue weighted by Gasteiger charge is -2.59. The number of alkyl halides is 3. The third-order valence-electron chi connectivity index (χ3n) is 11.6. The maximum absolute atomic E-state index is 13.2. The summed E-state index contributed by atoms with van der Waals surface area (Å²) in [5.74, 6) is 2.21. The van der Waals surface area contributed by atoms with Gasteiger partial charge in [-0.25, -0.2) is 0 Å². The molecule has 4 rings (SSSR count). The summed E-state index contributed by atoms with van der Waals surface area (Å²) in [6.45, 7) is 9.66. The van der Waals surface area contributed by atoms with E-state index in [0.29, 0.717) is 55.1 Å². The number of fused-ring (bicyclic) bond motifs is 5. The predicted molar refractivity (Wildman–Crippen MR) is 134 cm³/mol. The molecule has 2 N–H and O–H groups in total. The number of nitrogens with zero attached hydrogens (tertiary/aromatic N) is 2. The SMILES string of the molecule is CCC(=[N+]=[N-])C1(O)CC[C@@]2(C)C(=CC[C@H]3[C@@H]4CC[C@H]([C@H](C)CCC(C)(O)C(F)(F)F)[C@@]4(C)CC[C@@H]32)C1. The van der Waals surface area contributed by atoms with E-state index in [2.05, 4.69) is 31.6 Å². The third-order valence-corrected chi connectivity index (χ3v) is 11.6. The van der Waals surface area contributed by atoms with E-state index in [1.807, 2.05) is 6.92 Å². The average Bonchev–Trinajstić information content (AvgIpc) is 3.15. The van der Waals surface area contributed by atoms with Crippen molar-refractivity contribution in [2.75, 3.05) is 0 Å². The summed E-state index contributed by atoms with van der Waals surface area (Å²) in [6, 6.07) is 0. The van der Waals surface area contributed by atoms with Crippen LogP contribution in [0.4, 0.5) is 13.2 Å². The Kier molecular flexibility index (Phi) is 7.15. The summed E-state index contributed by atoms with van der Waals surface area (Å²) in [7, 11) is 0. The first-order valence-electron chi connectivity index (χ1n) is 14.1. The predicted octanol–water partition coefficient (Wildman–Crippen LogP) is 7.11. The van der Waals surface area contributed by atoms with Crippen molar-refractivity contribution in [2.45, 2.75) is 123 Å². The van der Waals surface area contributed by atoms with E-state index in [-0.39, 0.29) is 23.2 Å². The molecule has 0 aliphatic heterocycles. The Morgan fingerprint density at radius 3 is 2.47 bits per heavy atom. The molecule has 2 unspecified atom stereocenters. The standard InChI is InChI=1S/C29H45F3N2O2/c1-6-24(34-33)28(36)16-15-25(3)19(17-28)7-8-20-22-10-9-21(26(22,4)13-12-23(20)25)18(2)11-14-27(5,35)29(30,31)32/h7,18,20-23,35-36H,6,8-17H2,1-5H3/t18-,20+,21-,22+,23+,25+,26-,27?,28?/m1/s1. The molecule has 0 bridgehead atoms. The zero-order valence-corrected chi connectivity index (χ0v) is 22.7. The maximum Gasteiger partial charge on any atom is 0.416 e. The summed E-state index contributed by atoms with van der Waals surface area (Å²) in [5.41, 5.74) is 7.72. The van der Waals surface area contributed by atoms with Crippen LogP contribution in [0.1, 0.15) is 105 Å². The molecule has 0 radical (unpaired) electrons. The van der Waals surface area contributed by atoms with Crippen LogP contribution in [-0.4, -0.2) is 38.1 Å². The lowest BCUT2D eigenvalue weighted by atomic mass is 9.46. The minimum atomic E-state index is -4.60. The largest absolute Gasteiger partial charge is 0.416 e. The number of hydrogen-bond acceptors (Lipinski definition) is 2. The number of hydrogen-bond donors (Lipinski definition) is 2. The van der Waals surface area contributed by atoms with Gasteiger partial charge in [0.05, 0.1) is 0 Å². The average molecular weight is 511 g/mol. The van der Waals surface area contributed by atoms with Gasteiger partial charge in [0.1, 0.15) is 0 Å². The highest BCUT2D eigenvalue weighted by Crippen LogP contribution is 2.68. The first-order valence-corrected chi connectivity index (χ1v) is 14.1. The lowest BCUT2D eigenvalue weighted by molar-refractivity contribution is -0.256. The van der Waals surface area contributed by atoms with Crippen LogP contribution in [0, 0.1) is 40.4 Å². The molecule has 0 amide bonds. The minimum Gasteiger partial charge on any atom is -0.381 e. The molecule has 204 valence electrons. The molecule has 4 nitrogen and oxygen atoms in total. The summed E-state index contributed by atoms with van der Waals surface area (Å²) < 4.78 is 39.6. The highest BCUT2D eigenvalue weighted by molar-refractivity contribution is 5.88. The van der Waals surface area contributed by atoms with Gasteiger partial charge in [-0.2, -0.15) is 18.0 Å². The molecule has 4 aliphatic carbocycles. The normalized spacial score (nSPS) is 42.8. The summed E-state index contributed by atoms with van der Waals surface area (Å²) >= 11 is 0. The smallest absolute Gasteiger partial charge is 0.381 e. The van der Waals surface area contributed by atoms with Crippen LogP contribution >= 0.6 is 0 Å². The van der Waals surface area contributed by atoms with Gasteiger partial charge in [-0.1, -0.05) is 39.3 Å². The Labute approximate surface area is 214 Å². The Hall–Kier alpha value is -1.17. The Morgan fingerprint density at radius 2 is 1.86 bits per heavy atom. The highest BCUT2D eigenvalue weighted by atomic mass is 19.4. The van der Waals surface area contributed by atoms with Crippen molar-refractivity contribution in [2.24, 2.45) is 40.4 Å². The van der Waals surface area contributed by atoms with Gasteiger partial charge in [-0.15, -0.1) is 0 Å². The van der Waals surface area contributed by atoms with Gasteiger partial charge in [-0.05, 0) is 105 Å². The third kappa shape index (κ3) is 4.31. The van der Waals surface area contributed by atoms with Gasteiger partial charge in [0.2, 0.25) is 0 Å². The number of halogens is 3. The fraction of sp³-hybridized carbons (Fsp3) is 0.897. The molecule has 7 heteroatoms. The molecule has 3 fully saturated rings. The van der Waals surface area contributed by atoms with Gasteiger partial charge in [-0.3, -0.25) is 0 Å². The van der Waals surface area contributed by atoms with Crippen LogP contribution in [0.3, 0.4) is 0 Å². The molecule has 0 spiro atoms. The molecule has 0 aromatic carbocycles. The topological polar surface area (TPSA) is 76.9 Å². The quantitative estimate of drug-likeness (QED) is 0.173. The molecular formula is C29H45F3N2O2. The van der Waals surface area contributed by atoms with E-state index >= 15 is 0 Å². The first kappa shape index (κ1) is 27.9. The fourth-order valence-electron chi connectivity index (χ4n) is 9.21. The van der Waals surface area contributed by atoms with Crippen molar-refractivity contribution in [3.05, 3.63) is 17.2 Å². The molecule has 9 atom stereocenters. The van der Waals surface area contributed by atoms with E-state index in [1.54, 1.807) is 0 Å². The van der Waals surface area contributed by atoms with E-state index in [9.17, 15) is 28.9 Å². The second-order valence-electron chi connectivity index (χ2n) is 13.4. The minimum absolute atomic E-state index is 0.0416. The Bertz CT molecular complexity index is 939. The molecule has 0 heterocycles. The lowest BCUT2D eigenvalue weighted by Crippen LogP contribution is -2.54. The van der Waals surface area contributed by atoms with Crippen LogP contribution < -0.4 is 0 Å². The van der Waals surface area contributed by atoms with Gasteiger partial charge in [0, 0.05) is 12.8 Å². The van der Waals surface area contributed by atoms with Crippen molar-refractivity contribution in [3.8, 4) is 0 Å². The van der Waals surface area contributed by atoms with Crippen molar-refractivity contribution in [3.63, 3.8) is 0 Å². The molecule has 4 aliphatic rings. The molecular weight excluding hydrogens is 465 g/mol. The maximum atomic E-state index is 13.2. The van der Waals surface area contributed by atoms with E-state index < -0.39 is 17.4 Å². The Morgan fingerprint density at radius 1 is 1.17 bits per heavy atom. The second kappa shape index (κ2) is 9.24. The molecule has 0 aromatic rings. The van der Waals surface area contributed by atoms with Crippen molar-refractivity contribution in [1.82, 2.24) is 0 Å². The molecule has 36 heavy (non-hydrogen) atoms. The summed E-state index contributed by atoms with van der Waals surface area (Å²) in [5, 5.41) is 21.3. The fourth-order valence-corrected chi connectivity index (χ4v) is 9.21. The van der Waals surface area contributed by atoms with Crippen LogP contribution in [0.2, 0.25) is 0 Å². The zero-order chi connectivity index (χ0) is 26.7. The molecule has 3 saturated carbocycles. The zero-order valence-electron chi connectivity index (χ0n) is 22.7. The summed E-state index contributed by atoms with van der Waals surface area (Å²) in [4.78, 5) is 3.43.